The monoisotopic (exact) mass is 306 g/mol. The number of hydrogen-bond acceptors (Lipinski definition) is 5. The molecule has 0 N–H and O–H groups in total. The third kappa shape index (κ3) is 3.46. The first-order chi connectivity index (χ1) is 9.51. The summed E-state index contributed by atoms with van der Waals surface area (Å²) in [5.74, 6) is 0.995. The third-order valence-electron chi connectivity index (χ3n) is 3.20. The van der Waals surface area contributed by atoms with Crippen LogP contribution in [0, 0.1) is 13.8 Å². The van der Waals surface area contributed by atoms with E-state index in [9.17, 15) is 4.79 Å². The first-order valence-corrected chi connectivity index (χ1v) is 8.27. The summed E-state index contributed by atoms with van der Waals surface area (Å²) in [4.78, 5) is 16.8. The molecule has 1 unspecified atom stereocenters. The second-order valence-corrected chi connectivity index (χ2v) is 7.09. The number of thioether (sulfide) groups is 1. The average Bonchev–Trinajstić information content (AvgIpc) is 2.88. The van der Waals surface area contributed by atoms with Crippen LogP contribution >= 0.6 is 23.3 Å². The van der Waals surface area contributed by atoms with Crippen LogP contribution in [-0.2, 0) is 6.42 Å². The molecule has 0 spiro atoms. The Morgan fingerprint density at radius 2 is 2.10 bits per heavy atom. The maximum atomic E-state index is 12.4. The summed E-state index contributed by atoms with van der Waals surface area (Å²) in [6.07, 6.45) is 0.830. The van der Waals surface area contributed by atoms with Crippen molar-refractivity contribution in [2.45, 2.75) is 43.7 Å². The van der Waals surface area contributed by atoms with Gasteiger partial charge in [0.1, 0.15) is 5.82 Å². The standard InChI is InChI=1S/C15H18N2OS2/c1-5-13-16-15(20-17-13)19-11(4)14(18)12-7-6-9(2)10(3)8-12/h6-8,11H,5H2,1-4H3. The predicted octanol–water partition coefficient (Wildman–Crippen LogP) is 4.08. The Balaban J connectivity index is 2.09. The molecule has 106 valence electrons. The van der Waals surface area contributed by atoms with Gasteiger partial charge < -0.3 is 0 Å². The number of rotatable bonds is 5. The van der Waals surface area contributed by atoms with Crippen LogP contribution in [0.2, 0.25) is 0 Å². The molecule has 1 aromatic heterocycles. The highest BCUT2D eigenvalue weighted by Gasteiger charge is 2.18. The van der Waals surface area contributed by atoms with E-state index in [4.69, 9.17) is 0 Å². The summed E-state index contributed by atoms with van der Waals surface area (Å²) >= 11 is 2.86. The first kappa shape index (κ1) is 15.2. The molecule has 0 aliphatic heterocycles. The highest BCUT2D eigenvalue weighted by atomic mass is 32.2. The highest BCUT2D eigenvalue weighted by molar-refractivity contribution is 8.02. The maximum Gasteiger partial charge on any atom is 0.175 e. The summed E-state index contributed by atoms with van der Waals surface area (Å²) in [6, 6.07) is 5.87. The van der Waals surface area contributed by atoms with Gasteiger partial charge in [0.2, 0.25) is 0 Å². The molecule has 1 heterocycles. The fourth-order valence-electron chi connectivity index (χ4n) is 1.76. The number of carbonyl (C=O) groups is 1. The van der Waals surface area contributed by atoms with E-state index in [1.54, 1.807) is 0 Å². The van der Waals surface area contributed by atoms with Crippen LogP contribution < -0.4 is 0 Å². The Morgan fingerprint density at radius 3 is 2.70 bits per heavy atom. The zero-order valence-electron chi connectivity index (χ0n) is 12.1. The predicted molar refractivity (Wildman–Crippen MR) is 84.9 cm³/mol. The molecule has 2 aromatic rings. The molecule has 5 heteroatoms. The molecule has 0 fully saturated rings. The van der Waals surface area contributed by atoms with E-state index in [0.717, 1.165) is 27.7 Å². The van der Waals surface area contributed by atoms with Gasteiger partial charge in [0, 0.05) is 12.0 Å². The normalized spacial score (nSPS) is 12.4. The number of nitrogens with zero attached hydrogens (tertiary/aromatic N) is 2. The van der Waals surface area contributed by atoms with Crippen LogP contribution in [0.5, 0.6) is 0 Å². The topological polar surface area (TPSA) is 42.9 Å². The molecule has 0 bridgehead atoms. The number of Topliss-reactive ketones (excluding diaryl/α,β-unsaturated/α-hetero) is 1. The lowest BCUT2D eigenvalue weighted by Crippen LogP contribution is -2.13. The molecule has 0 amide bonds. The van der Waals surface area contributed by atoms with Crippen LogP contribution in [0.25, 0.3) is 0 Å². The van der Waals surface area contributed by atoms with Crippen molar-refractivity contribution >= 4 is 29.1 Å². The van der Waals surface area contributed by atoms with Gasteiger partial charge in [-0.05, 0) is 49.5 Å². The van der Waals surface area contributed by atoms with E-state index in [-0.39, 0.29) is 11.0 Å². The van der Waals surface area contributed by atoms with Gasteiger partial charge in [0.25, 0.3) is 0 Å². The van der Waals surface area contributed by atoms with Gasteiger partial charge in [-0.1, -0.05) is 30.8 Å². The quantitative estimate of drug-likeness (QED) is 0.616. The smallest absolute Gasteiger partial charge is 0.175 e. The number of carbonyl (C=O) groups excluding carboxylic acids is 1. The molecule has 0 saturated heterocycles. The van der Waals surface area contributed by atoms with Crippen molar-refractivity contribution < 1.29 is 4.79 Å². The molecule has 2 rings (SSSR count). The summed E-state index contributed by atoms with van der Waals surface area (Å²) in [7, 11) is 0. The van der Waals surface area contributed by atoms with Gasteiger partial charge in [-0.15, -0.1) is 0 Å². The Bertz CT molecular complexity index is 622. The maximum absolute atomic E-state index is 12.4. The highest BCUT2D eigenvalue weighted by Crippen LogP contribution is 2.27. The zero-order chi connectivity index (χ0) is 14.7. The Hall–Kier alpha value is -1.20. The van der Waals surface area contributed by atoms with Gasteiger partial charge in [-0.2, -0.15) is 4.37 Å². The van der Waals surface area contributed by atoms with Crippen molar-refractivity contribution in [3.63, 3.8) is 0 Å². The van der Waals surface area contributed by atoms with E-state index in [2.05, 4.69) is 16.3 Å². The van der Waals surface area contributed by atoms with Gasteiger partial charge >= 0.3 is 0 Å². The lowest BCUT2D eigenvalue weighted by Gasteiger charge is -2.09. The Labute approximate surface area is 128 Å². The van der Waals surface area contributed by atoms with Crippen LogP contribution in [0.3, 0.4) is 0 Å². The number of aromatic nitrogens is 2. The fraction of sp³-hybridized carbons (Fsp3) is 0.400. The molecule has 1 atom stereocenters. The van der Waals surface area contributed by atoms with Crippen LogP contribution in [0.4, 0.5) is 0 Å². The van der Waals surface area contributed by atoms with E-state index >= 15 is 0 Å². The molecule has 0 radical (unpaired) electrons. The fourth-order valence-corrected chi connectivity index (χ4v) is 3.68. The molecule has 20 heavy (non-hydrogen) atoms. The lowest BCUT2D eigenvalue weighted by atomic mass is 10.0. The van der Waals surface area contributed by atoms with E-state index in [0.29, 0.717) is 0 Å². The van der Waals surface area contributed by atoms with Crippen molar-refractivity contribution in [1.82, 2.24) is 9.36 Å². The third-order valence-corrected chi connectivity index (χ3v) is 5.13. The van der Waals surface area contributed by atoms with Gasteiger partial charge in [0.05, 0.1) is 5.25 Å². The minimum atomic E-state index is -0.144. The average molecular weight is 306 g/mol. The van der Waals surface area contributed by atoms with Crippen molar-refractivity contribution in [3.8, 4) is 0 Å². The first-order valence-electron chi connectivity index (χ1n) is 6.62. The summed E-state index contributed by atoms with van der Waals surface area (Å²) in [5.41, 5.74) is 3.13. The molecule has 3 nitrogen and oxygen atoms in total. The summed E-state index contributed by atoms with van der Waals surface area (Å²) < 4.78 is 5.11. The number of ketones is 1. The number of benzene rings is 1. The SMILES string of the molecule is CCc1nsc(SC(C)C(=O)c2ccc(C)c(C)c2)n1. The Morgan fingerprint density at radius 1 is 1.35 bits per heavy atom. The largest absolute Gasteiger partial charge is 0.293 e. The van der Waals surface area contributed by atoms with E-state index < -0.39 is 0 Å². The van der Waals surface area contributed by atoms with Crippen molar-refractivity contribution in [2.24, 2.45) is 0 Å². The van der Waals surface area contributed by atoms with E-state index in [1.165, 1.54) is 28.9 Å². The van der Waals surface area contributed by atoms with Gasteiger partial charge in [0.15, 0.2) is 10.1 Å². The van der Waals surface area contributed by atoms with E-state index in [1.807, 2.05) is 39.0 Å². The zero-order valence-corrected chi connectivity index (χ0v) is 13.8. The molecule has 0 aliphatic rings. The molecule has 1 aromatic carbocycles. The lowest BCUT2D eigenvalue weighted by molar-refractivity contribution is 0.0994. The molecular weight excluding hydrogens is 288 g/mol. The molecule has 0 aliphatic carbocycles. The Kier molecular flexibility index (Phi) is 4.94. The summed E-state index contributed by atoms with van der Waals surface area (Å²) in [6.45, 7) is 8.03. The number of aryl methyl sites for hydroxylation is 3. The minimum absolute atomic E-state index is 0.144. The van der Waals surface area contributed by atoms with Crippen molar-refractivity contribution in [1.29, 1.82) is 0 Å². The molecule has 0 saturated carbocycles. The van der Waals surface area contributed by atoms with Crippen LogP contribution in [-0.4, -0.2) is 20.4 Å². The van der Waals surface area contributed by atoms with Crippen molar-refractivity contribution in [2.75, 3.05) is 0 Å². The van der Waals surface area contributed by atoms with Gasteiger partial charge in [-0.3, -0.25) is 4.79 Å². The molecular formula is C15H18N2OS2. The van der Waals surface area contributed by atoms with Crippen molar-refractivity contribution in [3.05, 3.63) is 40.7 Å². The summed E-state index contributed by atoms with van der Waals surface area (Å²) in [5, 5.41) is -0.144. The van der Waals surface area contributed by atoms with Crippen LogP contribution in [0.15, 0.2) is 22.5 Å². The van der Waals surface area contributed by atoms with Gasteiger partial charge in [-0.25, -0.2) is 4.98 Å². The second-order valence-electron chi connectivity index (χ2n) is 4.75. The number of hydrogen-bond donors (Lipinski definition) is 0. The second kappa shape index (κ2) is 6.50. The van der Waals surface area contributed by atoms with Crippen LogP contribution in [0.1, 0.15) is 41.2 Å². The minimum Gasteiger partial charge on any atom is -0.293 e.